The fourth-order valence-electron chi connectivity index (χ4n) is 4.39. The van der Waals surface area contributed by atoms with Crippen LogP contribution in [0.4, 0.5) is 10.5 Å². The molecule has 1 atom stereocenters. The molecule has 176 valence electrons. The van der Waals surface area contributed by atoms with Gasteiger partial charge in [-0.25, -0.2) is 4.79 Å². The zero-order valence-corrected chi connectivity index (χ0v) is 21.0. The van der Waals surface area contributed by atoms with E-state index in [1.165, 1.54) is 11.1 Å². The Morgan fingerprint density at radius 3 is 2.06 bits per heavy atom. The number of anilines is 1. The molecule has 34 heavy (non-hydrogen) atoms. The molecule has 3 aromatic carbocycles. The standard InChI is InChI=1S/C28H29BrN2O3/c1-18(2)15-26(27(32)30-20-13-11-19(16-29)12-14-20)31-28(33)34-17-25-23-9-5-3-7-21(23)22-8-4-6-10-24(22)25/h3-14,18,25-26H,15-17H2,1-2H3,(H,30,32)(H,31,33)/t26-/m0/s1. The van der Waals surface area contributed by atoms with Gasteiger partial charge in [-0.1, -0.05) is 90.4 Å². The normalized spacial score (nSPS) is 13.2. The van der Waals surface area contributed by atoms with Crippen LogP contribution in [0, 0.1) is 5.92 Å². The van der Waals surface area contributed by atoms with Gasteiger partial charge in [-0.2, -0.15) is 0 Å². The minimum absolute atomic E-state index is 0.0246. The Morgan fingerprint density at radius 2 is 1.50 bits per heavy atom. The second-order valence-corrected chi connectivity index (χ2v) is 9.53. The Morgan fingerprint density at radius 1 is 0.912 bits per heavy atom. The molecule has 0 saturated carbocycles. The molecule has 2 N–H and O–H groups in total. The Hall–Kier alpha value is -3.12. The number of carbonyl (C=O) groups is 2. The summed E-state index contributed by atoms with van der Waals surface area (Å²) in [5.74, 6) is -0.0577. The number of halogens is 1. The molecule has 0 aliphatic heterocycles. The Labute approximate surface area is 209 Å². The van der Waals surface area contributed by atoms with Crippen LogP contribution in [0.5, 0.6) is 0 Å². The lowest BCUT2D eigenvalue weighted by molar-refractivity contribution is -0.118. The van der Waals surface area contributed by atoms with Crippen molar-refractivity contribution < 1.29 is 14.3 Å². The third-order valence-electron chi connectivity index (χ3n) is 6.04. The van der Waals surface area contributed by atoms with Gasteiger partial charge in [0, 0.05) is 16.9 Å². The van der Waals surface area contributed by atoms with Gasteiger partial charge in [-0.05, 0) is 52.3 Å². The topological polar surface area (TPSA) is 67.4 Å². The van der Waals surface area contributed by atoms with Crippen LogP contribution in [0.1, 0.15) is 42.9 Å². The monoisotopic (exact) mass is 520 g/mol. The molecule has 0 fully saturated rings. The number of alkyl halides is 1. The number of hydrogen-bond donors (Lipinski definition) is 2. The minimum atomic E-state index is -0.688. The van der Waals surface area contributed by atoms with Crippen LogP contribution < -0.4 is 10.6 Å². The molecular formula is C28H29BrN2O3. The first-order chi connectivity index (χ1) is 16.5. The van der Waals surface area contributed by atoms with Gasteiger partial charge >= 0.3 is 6.09 Å². The number of ether oxygens (including phenoxy) is 1. The molecular weight excluding hydrogens is 492 g/mol. The molecule has 1 aliphatic rings. The van der Waals surface area contributed by atoms with Crippen LogP contribution in [-0.4, -0.2) is 24.6 Å². The maximum atomic E-state index is 12.9. The maximum absolute atomic E-state index is 12.9. The van der Waals surface area contributed by atoms with Gasteiger partial charge in [0.2, 0.25) is 5.91 Å². The largest absolute Gasteiger partial charge is 0.449 e. The highest BCUT2D eigenvalue weighted by Gasteiger charge is 2.30. The number of rotatable bonds is 8. The van der Waals surface area contributed by atoms with Gasteiger partial charge in [0.05, 0.1) is 0 Å². The van der Waals surface area contributed by atoms with E-state index in [1.807, 2.05) is 62.4 Å². The van der Waals surface area contributed by atoms with E-state index < -0.39 is 12.1 Å². The number of benzene rings is 3. The first-order valence-corrected chi connectivity index (χ1v) is 12.7. The van der Waals surface area contributed by atoms with Crippen molar-refractivity contribution in [2.24, 2.45) is 5.92 Å². The van der Waals surface area contributed by atoms with Gasteiger partial charge < -0.3 is 15.4 Å². The minimum Gasteiger partial charge on any atom is -0.449 e. The lowest BCUT2D eigenvalue weighted by Gasteiger charge is -2.21. The summed E-state index contributed by atoms with van der Waals surface area (Å²) in [6, 6.07) is 23.3. The van der Waals surface area contributed by atoms with Crippen LogP contribution in [0.15, 0.2) is 72.8 Å². The number of fused-ring (bicyclic) bond motifs is 3. The zero-order chi connectivity index (χ0) is 24.1. The first kappa shape index (κ1) is 24.0. The molecule has 0 unspecified atom stereocenters. The summed E-state index contributed by atoms with van der Waals surface area (Å²) in [5, 5.41) is 6.44. The quantitative estimate of drug-likeness (QED) is 0.334. The van der Waals surface area contributed by atoms with Crippen LogP contribution >= 0.6 is 15.9 Å². The van der Waals surface area contributed by atoms with Crippen LogP contribution in [0.3, 0.4) is 0 Å². The SMILES string of the molecule is CC(C)C[C@H](NC(=O)OCC1c2ccccc2-c2ccccc21)C(=O)Nc1ccc(CBr)cc1. The summed E-state index contributed by atoms with van der Waals surface area (Å²) in [6.45, 7) is 4.25. The summed E-state index contributed by atoms with van der Waals surface area (Å²) in [6.07, 6.45) is -0.0764. The maximum Gasteiger partial charge on any atom is 0.407 e. The fraction of sp³-hybridized carbons (Fsp3) is 0.286. The smallest absolute Gasteiger partial charge is 0.407 e. The van der Waals surface area contributed by atoms with Crippen molar-refractivity contribution in [2.45, 2.75) is 37.6 Å². The first-order valence-electron chi connectivity index (χ1n) is 11.5. The number of hydrogen-bond acceptors (Lipinski definition) is 3. The van der Waals surface area contributed by atoms with Crippen molar-refractivity contribution in [1.29, 1.82) is 0 Å². The van der Waals surface area contributed by atoms with Crippen molar-refractivity contribution >= 4 is 33.6 Å². The van der Waals surface area contributed by atoms with Crippen molar-refractivity contribution in [3.63, 3.8) is 0 Å². The zero-order valence-electron chi connectivity index (χ0n) is 19.4. The lowest BCUT2D eigenvalue weighted by atomic mass is 9.98. The number of nitrogens with one attached hydrogen (secondary N) is 2. The predicted octanol–water partition coefficient (Wildman–Crippen LogP) is 6.47. The molecule has 0 saturated heterocycles. The third-order valence-corrected chi connectivity index (χ3v) is 6.68. The molecule has 0 aromatic heterocycles. The van der Waals surface area contributed by atoms with Gasteiger partial charge in [0.25, 0.3) is 0 Å². The van der Waals surface area contributed by atoms with Gasteiger partial charge in [0.15, 0.2) is 0 Å². The van der Waals surface area contributed by atoms with Crippen molar-refractivity contribution in [3.05, 3.63) is 89.5 Å². The summed E-state index contributed by atoms with van der Waals surface area (Å²) in [7, 11) is 0. The van der Waals surface area contributed by atoms with Crippen LogP contribution in [0.2, 0.25) is 0 Å². The Kier molecular flexibility index (Phi) is 7.68. The summed E-state index contributed by atoms with van der Waals surface area (Å²) in [5.41, 5.74) is 6.47. The van der Waals surface area contributed by atoms with Crippen molar-refractivity contribution in [3.8, 4) is 11.1 Å². The number of amides is 2. The molecule has 4 rings (SSSR count). The summed E-state index contributed by atoms with van der Waals surface area (Å²) >= 11 is 3.42. The second kappa shape index (κ2) is 10.9. The molecule has 0 radical (unpaired) electrons. The number of carbonyl (C=O) groups excluding carboxylic acids is 2. The molecule has 6 heteroatoms. The highest BCUT2D eigenvalue weighted by atomic mass is 79.9. The van der Waals surface area contributed by atoms with Crippen molar-refractivity contribution in [1.82, 2.24) is 5.32 Å². The van der Waals surface area contributed by atoms with E-state index in [1.54, 1.807) is 0 Å². The number of alkyl carbamates (subject to hydrolysis) is 1. The fourth-order valence-corrected chi connectivity index (χ4v) is 4.77. The van der Waals surface area contributed by atoms with Gasteiger partial charge in [-0.3, -0.25) is 4.79 Å². The molecule has 0 bridgehead atoms. The molecule has 0 spiro atoms. The highest BCUT2D eigenvalue weighted by molar-refractivity contribution is 9.08. The molecule has 1 aliphatic carbocycles. The summed E-state index contributed by atoms with van der Waals surface area (Å²) < 4.78 is 5.65. The van der Waals surface area contributed by atoms with E-state index in [9.17, 15) is 9.59 Å². The van der Waals surface area contributed by atoms with E-state index in [0.717, 1.165) is 22.0 Å². The second-order valence-electron chi connectivity index (χ2n) is 8.97. The van der Waals surface area contributed by atoms with E-state index >= 15 is 0 Å². The van der Waals surface area contributed by atoms with Crippen molar-refractivity contribution in [2.75, 3.05) is 11.9 Å². The highest BCUT2D eigenvalue weighted by Crippen LogP contribution is 2.44. The molecule has 2 amide bonds. The van der Waals surface area contributed by atoms with Crippen LogP contribution in [0.25, 0.3) is 11.1 Å². The summed E-state index contributed by atoms with van der Waals surface area (Å²) in [4.78, 5) is 25.7. The molecule has 5 nitrogen and oxygen atoms in total. The predicted molar refractivity (Wildman–Crippen MR) is 139 cm³/mol. The van der Waals surface area contributed by atoms with E-state index in [2.05, 4.69) is 50.8 Å². The Bertz CT molecular complexity index is 1110. The average molecular weight is 521 g/mol. The Balaban J connectivity index is 1.41. The van der Waals surface area contributed by atoms with Crippen LogP contribution in [-0.2, 0) is 14.9 Å². The lowest BCUT2D eigenvalue weighted by Crippen LogP contribution is -2.45. The van der Waals surface area contributed by atoms with E-state index in [-0.39, 0.29) is 24.3 Å². The van der Waals surface area contributed by atoms with E-state index in [4.69, 9.17) is 4.74 Å². The van der Waals surface area contributed by atoms with Gasteiger partial charge in [-0.15, -0.1) is 0 Å². The molecule has 0 heterocycles. The average Bonchev–Trinajstić information content (AvgIpc) is 3.16. The van der Waals surface area contributed by atoms with E-state index in [0.29, 0.717) is 12.1 Å². The molecule has 3 aromatic rings. The third kappa shape index (κ3) is 5.50. The van der Waals surface area contributed by atoms with Gasteiger partial charge in [0.1, 0.15) is 12.6 Å².